The number of ether oxygens (including phenoxy) is 1. The highest BCUT2D eigenvalue weighted by Gasteiger charge is 2.30. The number of carboxylic acids is 1. The maximum atomic E-state index is 12.3. The van der Waals surface area contributed by atoms with Gasteiger partial charge in [-0.1, -0.05) is 32.6 Å². The van der Waals surface area contributed by atoms with Crippen LogP contribution in [-0.2, 0) is 10.3 Å². The monoisotopic (exact) mass is 295 g/mol. The molecule has 0 aliphatic carbocycles. The van der Waals surface area contributed by atoms with Gasteiger partial charge in [0, 0.05) is 6.20 Å². The van der Waals surface area contributed by atoms with Crippen LogP contribution in [0, 0.1) is 0 Å². The van der Waals surface area contributed by atoms with Crippen molar-refractivity contribution in [2.45, 2.75) is 58.4 Å². The van der Waals surface area contributed by atoms with Gasteiger partial charge in [-0.05, 0) is 32.4 Å². The Morgan fingerprint density at radius 1 is 1.29 bits per heavy atom. The van der Waals surface area contributed by atoms with E-state index >= 15 is 0 Å². The molecule has 118 valence electrons. The van der Waals surface area contributed by atoms with E-state index in [1.54, 1.807) is 12.1 Å². The third kappa shape index (κ3) is 4.62. The van der Waals surface area contributed by atoms with Crippen molar-refractivity contribution in [3.05, 3.63) is 28.7 Å². The van der Waals surface area contributed by atoms with E-state index in [1.165, 1.54) is 43.9 Å². The predicted octanol–water partition coefficient (Wildman–Crippen LogP) is 3.02. The van der Waals surface area contributed by atoms with E-state index in [2.05, 4.69) is 6.92 Å². The standard InChI is InChI=1S/C16H25NO4/c1-4-5-6-7-8-12-21-13-10-9-11-17(14(13)18)16(2,3)15(19)20/h9-11H,4-8,12H2,1-3H3,(H,19,20). The van der Waals surface area contributed by atoms with Crippen molar-refractivity contribution < 1.29 is 14.6 Å². The van der Waals surface area contributed by atoms with Crippen molar-refractivity contribution in [1.29, 1.82) is 0 Å². The van der Waals surface area contributed by atoms with Crippen molar-refractivity contribution in [2.75, 3.05) is 6.61 Å². The lowest BCUT2D eigenvalue weighted by Gasteiger charge is -2.22. The lowest BCUT2D eigenvalue weighted by Crippen LogP contribution is -2.42. The highest BCUT2D eigenvalue weighted by Crippen LogP contribution is 2.15. The van der Waals surface area contributed by atoms with Gasteiger partial charge in [-0.3, -0.25) is 9.36 Å². The average Bonchev–Trinajstić information content (AvgIpc) is 2.43. The van der Waals surface area contributed by atoms with Crippen LogP contribution in [0.1, 0.15) is 52.9 Å². The third-order valence-electron chi connectivity index (χ3n) is 3.54. The second-order valence-corrected chi connectivity index (χ2v) is 5.67. The summed E-state index contributed by atoms with van der Waals surface area (Å²) in [4.78, 5) is 23.5. The van der Waals surface area contributed by atoms with E-state index in [4.69, 9.17) is 4.74 Å². The normalized spacial score (nSPS) is 11.4. The van der Waals surface area contributed by atoms with Gasteiger partial charge in [-0.25, -0.2) is 4.79 Å². The van der Waals surface area contributed by atoms with Crippen LogP contribution in [0.25, 0.3) is 0 Å². The minimum Gasteiger partial charge on any atom is -0.488 e. The Balaban J connectivity index is 2.69. The molecule has 0 spiro atoms. The fourth-order valence-electron chi connectivity index (χ4n) is 2.02. The Morgan fingerprint density at radius 2 is 1.95 bits per heavy atom. The minimum absolute atomic E-state index is 0.210. The zero-order valence-electron chi connectivity index (χ0n) is 13.1. The van der Waals surface area contributed by atoms with Gasteiger partial charge in [0.25, 0.3) is 5.56 Å². The molecule has 0 bridgehead atoms. The number of carboxylic acid groups (broad SMARTS) is 1. The molecule has 0 unspecified atom stereocenters. The molecule has 1 heterocycles. The summed E-state index contributed by atoms with van der Waals surface area (Å²) in [6.45, 7) is 5.63. The first kappa shape index (κ1) is 17.3. The summed E-state index contributed by atoms with van der Waals surface area (Å²) in [5, 5.41) is 9.21. The summed E-state index contributed by atoms with van der Waals surface area (Å²) in [7, 11) is 0. The number of carbonyl (C=O) groups is 1. The number of nitrogens with zero attached hydrogens (tertiary/aromatic N) is 1. The first-order valence-corrected chi connectivity index (χ1v) is 7.49. The molecule has 1 N–H and O–H groups in total. The van der Waals surface area contributed by atoms with E-state index in [0.717, 1.165) is 12.8 Å². The lowest BCUT2D eigenvalue weighted by atomic mass is 10.1. The zero-order chi connectivity index (χ0) is 15.9. The molecule has 5 nitrogen and oxygen atoms in total. The molecule has 0 fully saturated rings. The highest BCUT2D eigenvalue weighted by molar-refractivity contribution is 5.75. The summed E-state index contributed by atoms with van der Waals surface area (Å²) in [5.74, 6) is -0.844. The predicted molar refractivity (Wildman–Crippen MR) is 81.9 cm³/mol. The Morgan fingerprint density at radius 3 is 2.57 bits per heavy atom. The van der Waals surface area contributed by atoms with Gasteiger partial charge in [-0.15, -0.1) is 0 Å². The SMILES string of the molecule is CCCCCCCOc1cccn(C(C)(C)C(=O)O)c1=O. The van der Waals surface area contributed by atoms with Gasteiger partial charge in [0.2, 0.25) is 0 Å². The second-order valence-electron chi connectivity index (χ2n) is 5.67. The molecule has 0 saturated heterocycles. The average molecular weight is 295 g/mol. The van der Waals surface area contributed by atoms with Crippen LogP contribution in [0.3, 0.4) is 0 Å². The second kappa shape index (κ2) is 7.86. The van der Waals surface area contributed by atoms with Gasteiger partial charge in [0.05, 0.1) is 6.61 Å². The fraction of sp³-hybridized carbons (Fsp3) is 0.625. The maximum absolute atomic E-state index is 12.3. The minimum atomic E-state index is -1.29. The maximum Gasteiger partial charge on any atom is 0.329 e. The number of hydrogen-bond acceptors (Lipinski definition) is 3. The van der Waals surface area contributed by atoms with E-state index in [0.29, 0.717) is 6.61 Å². The molecule has 1 rings (SSSR count). The Kier molecular flexibility index (Phi) is 6.46. The quantitative estimate of drug-likeness (QED) is 0.711. The number of hydrogen-bond donors (Lipinski definition) is 1. The molecule has 5 heteroatoms. The van der Waals surface area contributed by atoms with Gasteiger partial charge < -0.3 is 9.84 Å². The molecule has 1 aromatic heterocycles. The molecule has 21 heavy (non-hydrogen) atoms. The van der Waals surface area contributed by atoms with Gasteiger partial charge in [0.1, 0.15) is 5.54 Å². The van der Waals surface area contributed by atoms with E-state index in [1.807, 2.05) is 0 Å². The van der Waals surface area contributed by atoms with Crippen LogP contribution in [0.4, 0.5) is 0 Å². The first-order chi connectivity index (χ1) is 9.91. The zero-order valence-corrected chi connectivity index (χ0v) is 13.1. The van der Waals surface area contributed by atoms with Crippen LogP contribution >= 0.6 is 0 Å². The first-order valence-electron chi connectivity index (χ1n) is 7.49. The largest absolute Gasteiger partial charge is 0.488 e. The van der Waals surface area contributed by atoms with Crippen LogP contribution in [-0.4, -0.2) is 22.2 Å². The summed E-state index contributed by atoms with van der Waals surface area (Å²) in [6, 6.07) is 3.22. The van der Waals surface area contributed by atoms with Crippen LogP contribution in [0.5, 0.6) is 5.75 Å². The molecule has 0 amide bonds. The Hall–Kier alpha value is -1.78. The Labute approximate surface area is 125 Å². The molecule has 0 atom stereocenters. The highest BCUT2D eigenvalue weighted by atomic mass is 16.5. The topological polar surface area (TPSA) is 68.5 Å². The molecule has 0 aliphatic heterocycles. The summed E-state index contributed by atoms with van der Waals surface area (Å²) in [6.07, 6.45) is 7.03. The summed E-state index contributed by atoms with van der Waals surface area (Å²) >= 11 is 0. The number of unbranched alkanes of at least 4 members (excludes halogenated alkanes) is 4. The fourth-order valence-corrected chi connectivity index (χ4v) is 2.02. The van der Waals surface area contributed by atoms with Gasteiger partial charge in [0.15, 0.2) is 5.75 Å². The number of aromatic nitrogens is 1. The smallest absolute Gasteiger partial charge is 0.329 e. The van der Waals surface area contributed by atoms with Gasteiger partial charge >= 0.3 is 5.97 Å². The number of pyridine rings is 1. The van der Waals surface area contributed by atoms with Crippen molar-refractivity contribution in [3.8, 4) is 5.75 Å². The van der Waals surface area contributed by atoms with E-state index < -0.39 is 17.1 Å². The van der Waals surface area contributed by atoms with Crippen LogP contribution < -0.4 is 10.3 Å². The summed E-state index contributed by atoms with van der Waals surface area (Å²) in [5.41, 5.74) is -1.70. The third-order valence-corrected chi connectivity index (χ3v) is 3.54. The molecular formula is C16H25NO4. The number of aliphatic carboxylic acids is 1. The van der Waals surface area contributed by atoms with Crippen LogP contribution in [0.15, 0.2) is 23.1 Å². The molecule has 0 aliphatic rings. The van der Waals surface area contributed by atoms with Crippen molar-refractivity contribution in [2.24, 2.45) is 0 Å². The lowest BCUT2D eigenvalue weighted by molar-refractivity contribution is -0.145. The van der Waals surface area contributed by atoms with E-state index in [9.17, 15) is 14.7 Å². The van der Waals surface area contributed by atoms with Gasteiger partial charge in [-0.2, -0.15) is 0 Å². The van der Waals surface area contributed by atoms with Crippen molar-refractivity contribution >= 4 is 5.97 Å². The molecule has 0 saturated carbocycles. The molecular weight excluding hydrogens is 270 g/mol. The van der Waals surface area contributed by atoms with Crippen molar-refractivity contribution in [1.82, 2.24) is 4.57 Å². The molecule has 0 aromatic carbocycles. The Bertz CT molecular complexity index is 519. The summed E-state index contributed by atoms with van der Waals surface area (Å²) < 4.78 is 6.70. The molecule has 1 aromatic rings. The van der Waals surface area contributed by atoms with Crippen molar-refractivity contribution in [3.63, 3.8) is 0 Å². The van der Waals surface area contributed by atoms with E-state index in [-0.39, 0.29) is 5.75 Å². The number of rotatable bonds is 9. The molecule has 0 radical (unpaired) electrons. The van der Waals surface area contributed by atoms with Crippen LogP contribution in [0.2, 0.25) is 0 Å².